The molecular weight excluding hydrogens is 412 g/mol. The largest absolute Gasteiger partial charge is 0.362 e. The zero-order valence-electron chi connectivity index (χ0n) is 17.5. The average Bonchev–Trinajstić information content (AvgIpc) is 3.45. The van der Waals surface area contributed by atoms with Gasteiger partial charge in [0.25, 0.3) is 5.56 Å². The molecule has 5 rings (SSSR count). The highest BCUT2D eigenvalue weighted by molar-refractivity contribution is 6.35. The number of nitrogens with zero attached hydrogens (tertiary/aromatic N) is 5. The number of hydrogen-bond donors (Lipinski definition) is 1. The van der Waals surface area contributed by atoms with Crippen LogP contribution in [0.5, 0.6) is 0 Å². The van der Waals surface area contributed by atoms with Gasteiger partial charge in [-0.3, -0.25) is 4.79 Å². The van der Waals surface area contributed by atoms with E-state index in [0.717, 1.165) is 42.2 Å². The van der Waals surface area contributed by atoms with E-state index in [4.69, 9.17) is 11.6 Å². The molecule has 0 amide bonds. The van der Waals surface area contributed by atoms with E-state index in [-0.39, 0.29) is 11.6 Å². The lowest BCUT2D eigenvalue weighted by Crippen LogP contribution is -2.32. The number of aromatic nitrogens is 4. The summed E-state index contributed by atoms with van der Waals surface area (Å²) in [4.78, 5) is 20.2. The van der Waals surface area contributed by atoms with E-state index in [0.29, 0.717) is 17.0 Å². The van der Waals surface area contributed by atoms with Crippen LogP contribution in [0.2, 0.25) is 5.02 Å². The zero-order chi connectivity index (χ0) is 21.4. The van der Waals surface area contributed by atoms with Crippen LogP contribution in [0.3, 0.4) is 0 Å². The Hall–Kier alpha value is -2.90. The van der Waals surface area contributed by atoms with Crippen molar-refractivity contribution in [3.05, 3.63) is 69.9 Å². The second-order valence-electron chi connectivity index (χ2n) is 8.08. The monoisotopic (exact) mass is 436 g/mol. The van der Waals surface area contributed by atoms with E-state index in [1.165, 1.54) is 12.8 Å². The van der Waals surface area contributed by atoms with E-state index >= 15 is 0 Å². The molecule has 1 N–H and O–H groups in total. The number of benzene rings is 1. The summed E-state index contributed by atoms with van der Waals surface area (Å²) in [6, 6.07) is 11.3. The zero-order valence-corrected chi connectivity index (χ0v) is 18.2. The van der Waals surface area contributed by atoms with Gasteiger partial charge < -0.3 is 14.8 Å². The predicted octanol–water partition coefficient (Wildman–Crippen LogP) is 3.97. The first-order chi connectivity index (χ1) is 15.1. The van der Waals surface area contributed by atoms with E-state index in [1.54, 1.807) is 23.0 Å². The van der Waals surface area contributed by atoms with Crippen molar-refractivity contribution in [2.75, 3.05) is 25.0 Å². The maximum absolute atomic E-state index is 13.5. The Morgan fingerprint density at radius 1 is 1.13 bits per heavy atom. The van der Waals surface area contributed by atoms with E-state index in [2.05, 4.69) is 33.3 Å². The van der Waals surface area contributed by atoms with Gasteiger partial charge in [-0.1, -0.05) is 23.7 Å². The molecule has 0 radical (unpaired) electrons. The lowest BCUT2D eigenvalue weighted by Gasteiger charge is -2.23. The van der Waals surface area contributed by atoms with E-state index in [1.807, 2.05) is 28.8 Å². The molecule has 1 aliphatic heterocycles. The number of nitrogens with one attached hydrogen (secondary N) is 1. The third-order valence-electron chi connectivity index (χ3n) is 6.06. The molecule has 0 spiro atoms. The van der Waals surface area contributed by atoms with Crippen molar-refractivity contribution in [2.45, 2.75) is 32.4 Å². The molecule has 4 heterocycles. The molecule has 0 aliphatic carbocycles. The van der Waals surface area contributed by atoms with Gasteiger partial charge in [-0.05, 0) is 56.4 Å². The Morgan fingerprint density at radius 3 is 2.81 bits per heavy atom. The summed E-state index contributed by atoms with van der Waals surface area (Å²) in [5.74, 6) is 0.826. The quantitative estimate of drug-likeness (QED) is 0.495. The highest BCUT2D eigenvalue weighted by Crippen LogP contribution is 2.25. The summed E-state index contributed by atoms with van der Waals surface area (Å²) in [7, 11) is 0. The number of halogens is 1. The fraction of sp³-hybridized carbons (Fsp3) is 0.348. The number of rotatable bonds is 6. The van der Waals surface area contributed by atoms with Crippen LogP contribution in [-0.4, -0.2) is 43.7 Å². The lowest BCUT2D eigenvalue weighted by atomic mass is 10.1. The van der Waals surface area contributed by atoms with Gasteiger partial charge in [0, 0.05) is 31.0 Å². The van der Waals surface area contributed by atoms with Crippen molar-refractivity contribution in [1.82, 2.24) is 24.1 Å². The van der Waals surface area contributed by atoms with Gasteiger partial charge in [0.15, 0.2) is 5.65 Å². The third-order valence-corrected chi connectivity index (χ3v) is 6.37. The smallest absolute Gasteiger partial charge is 0.260 e. The molecule has 1 atom stereocenters. The second kappa shape index (κ2) is 8.32. The summed E-state index contributed by atoms with van der Waals surface area (Å²) in [5, 5.41) is 9.81. The summed E-state index contributed by atoms with van der Waals surface area (Å²) in [5.41, 5.74) is 1.66. The fourth-order valence-electron chi connectivity index (χ4n) is 4.45. The summed E-state index contributed by atoms with van der Waals surface area (Å²) in [6.45, 7) is 5.75. The van der Waals surface area contributed by atoms with E-state index in [9.17, 15) is 4.79 Å². The Balaban J connectivity index is 1.55. The van der Waals surface area contributed by atoms with Gasteiger partial charge in [0.1, 0.15) is 5.82 Å². The Labute approximate surface area is 185 Å². The highest BCUT2D eigenvalue weighted by Gasteiger charge is 2.19. The van der Waals surface area contributed by atoms with Crippen LogP contribution < -0.4 is 10.9 Å². The average molecular weight is 437 g/mol. The predicted molar refractivity (Wildman–Crippen MR) is 124 cm³/mol. The van der Waals surface area contributed by atoms with E-state index < -0.39 is 0 Å². The number of pyridine rings is 1. The standard InChI is InChI=1S/C23H25ClN6O/c1-16(27-21-7-9-25-20-8-10-26-30(20)21)19-15-17-5-4-6-18(24)22(17)23(31)29(19)14-13-28-11-2-3-12-28/h4-10,15-16,27H,2-3,11-14H2,1H3. The Morgan fingerprint density at radius 2 is 1.97 bits per heavy atom. The number of likely N-dealkylation sites (tertiary alicyclic amines) is 1. The molecule has 160 valence electrons. The molecule has 7 nitrogen and oxygen atoms in total. The van der Waals surface area contributed by atoms with Gasteiger partial charge in [-0.2, -0.15) is 9.61 Å². The van der Waals surface area contributed by atoms with Gasteiger partial charge in [-0.25, -0.2) is 4.98 Å². The number of anilines is 1. The first-order valence-electron chi connectivity index (χ1n) is 10.7. The molecule has 1 fully saturated rings. The van der Waals surface area contributed by atoms with Crippen LogP contribution in [0.1, 0.15) is 31.5 Å². The van der Waals surface area contributed by atoms with Gasteiger partial charge in [0.05, 0.1) is 22.6 Å². The van der Waals surface area contributed by atoms with Crippen LogP contribution in [0.4, 0.5) is 5.82 Å². The molecule has 0 saturated carbocycles. The first-order valence-corrected chi connectivity index (χ1v) is 11.1. The van der Waals surface area contributed by atoms with Gasteiger partial charge >= 0.3 is 0 Å². The van der Waals surface area contributed by atoms with Crippen molar-refractivity contribution in [1.29, 1.82) is 0 Å². The van der Waals surface area contributed by atoms with Crippen molar-refractivity contribution < 1.29 is 0 Å². The minimum atomic E-state index is -0.121. The second-order valence-corrected chi connectivity index (χ2v) is 8.48. The summed E-state index contributed by atoms with van der Waals surface area (Å²) < 4.78 is 3.65. The summed E-state index contributed by atoms with van der Waals surface area (Å²) in [6.07, 6.45) is 5.94. The SMILES string of the molecule is CC(Nc1ccnc2ccnn12)c1cc2cccc(Cl)c2c(=O)n1CCN1CCCC1. The maximum Gasteiger partial charge on any atom is 0.260 e. The molecule has 0 bridgehead atoms. The fourth-order valence-corrected chi connectivity index (χ4v) is 4.72. The van der Waals surface area contributed by atoms with Crippen LogP contribution in [0.25, 0.3) is 16.4 Å². The first kappa shape index (κ1) is 20.0. The Kier molecular flexibility index (Phi) is 5.38. The normalized spacial score (nSPS) is 15.7. The van der Waals surface area contributed by atoms with Crippen LogP contribution in [0.15, 0.2) is 53.6 Å². The van der Waals surface area contributed by atoms with Gasteiger partial charge in [0.2, 0.25) is 0 Å². The molecule has 1 unspecified atom stereocenters. The van der Waals surface area contributed by atoms with Crippen LogP contribution in [-0.2, 0) is 6.54 Å². The lowest BCUT2D eigenvalue weighted by molar-refractivity contribution is 0.318. The number of hydrogen-bond acceptors (Lipinski definition) is 5. The molecule has 1 aromatic carbocycles. The molecule has 8 heteroatoms. The molecule has 31 heavy (non-hydrogen) atoms. The van der Waals surface area contributed by atoms with Crippen LogP contribution >= 0.6 is 11.6 Å². The van der Waals surface area contributed by atoms with Crippen molar-refractivity contribution in [2.24, 2.45) is 0 Å². The Bertz CT molecular complexity index is 1290. The highest BCUT2D eigenvalue weighted by atomic mass is 35.5. The van der Waals surface area contributed by atoms with Gasteiger partial charge in [-0.15, -0.1) is 0 Å². The van der Waals surface area contributed by atoms with Crippen molar-refractivity contribution >= 4 is 33.8 Å². The number of fused-ring (bicyclic) bond motifs is 2. The molecule has 1 aliphatic rings. The maximum atomic E-state index is 13.5. The van der Waals surface area contributed by atoms with Crippen molar-refractivity contribution in [3.63, 3.8) is 0 Å². The molecule has 1 saturated heterocycles. The summed E-state index contributed by atoms with van der Waals surface area (Å²) >= 11 is 6.42. The molecular formula is C23H25ClN6O. The van der Waals surface area contributed by atoms with Crippen LogP contribution in [0, 0.1) is 0 Å². The minimum absolute atomic E-state index is 0.0371. The molecule has 4 aromatic rings. The minimum Gasteiger partial charge on any atom is -0.362 e. The topological polar surface area (TPSA) is 67.5 Å². The third kappa shape index (κ3) is 3.79. The van der Waals surface area contributed by atoms with Crippen molar-refractivity contribution in [3.8, 4) is 0 Å². The molecule has 3 aromatic heterocycles.